The quantitative estimate of drug-likeness (QED) is 0.313. The molecule has 0 fully saturated rings. The van der Waals surface area contributed by atoms with Crippen molar-refractivity contribution < 1.29 is 14.3 Å². The molecule has 0 aromatic rings. The summed E-state index contributed by atoms with van der Waals surface area (Å²) in [6, 6.07) is 0. The van der Waals surface area contributed by atoms with Crippen LogP contribution in [0.15, 0.2) is 12.7 Å². The van der Waals surface area contributed by atoms with Gasteiger partial charge in [-0.1, -0.05) is 29.3 Å². The lowest BCUT2D eigenvalue weighted by atomic mass is 10.4. The number of ether oxygens (including phenoxy) is 2. The Balaban J connectivity index is 4.19. The number of hydrogen-bond donors (Lipinski definition) is 0. The molecule has 0 aliphatic heterocycles. The molecular weight excluding hydrogens is 215 g/mol. The van der Waals surface area contributed by atoms with Crippen LogP contribution in [0.25, 0.3) is 0 Å². The maximum Gasteiger partial charge on any atom is 0.305 e. The van der Waals surface area contributed by atoms with E-state index in [4.69, 9.17) is 32.7 Å². The van der Waals surface area contributed by atoms with Gasteiger partial charge in [-0.25, -0.2) is 0 Å². The van der Waals surface area contributed by atoms with Crippen LogP contribution in [0.1, 0.15) is 13.8 Å². The molecule has 0 saturated carbocycles. The van der Waals surface area contributed by atoms with Gasteiger partial charge in [-0.15, -0.1) is 6.58 Å². The molecule has 0 aliphatic carbocycles. The zero-order valence-electron chi connectivity index (χ0n) is 7.55. The predicted octanol–water partition coefficient (Wildman–Crippen LogP) is 2.27. The van der Waals surface area contributed by atoms with Gasteiger partial charge in [-0.3, -0.25) is 4.79 Å². The Morgan fingerprint density at radius 3 is 2.54 bits per heavy atom. The summed E-state index contributed by atoms with van der Waals surface area (Å²) in [4.78, 5) is 10.6. The van der Waals surface area contributed by atoms with E-state index < -0.39 is 16.6 Å². The molecule has 0 radical (unpaired) electrons. The molecule has 3 nitrogen and oxygen atoms in total. The second kappa shape index (κ2) is 5.47. The SMILES string of the molecule is C=CCOC(OC(C)=O)C(C)(Cl)Cl. The smallest absolute Gasteiger partial charge is 0.305 e. The van der Waals surface area contributed by atoms with Crippen molar-refractivity contribution in [1.29, 1.82) is 0 Å². The largest absolute Gasteiger partial charge is 0.433 e. The molecule has 0 rings (SSSR count). The van der Waals surface area contributed by atoms with Gasteiger partial charge in [0, 0.05) is 6.92 Å². The summed E-state index contributed by atoms with van der Waals surface area (Å²) in [5.41, 5.74) is 0. The lowest BCUT2D eigenvalue weighted by molar-refractivity contribution is -0.176. The Kier molecular flexibility index (Phi) is 5.37. The Morgan fingerprint density at radius 1 is 1.69 bits per heavy atom. The average molecular weight is 227 g/mol. The fraction of sp³-hybridized carbons (Fsp3) is 0.625. The van der Waals surface area contributed by atoms with Crippen molar-refractivity contribution in [3.05, 3.63) is 12.7 Å². The van der Waals surface area contributed by atoms with Crippen LogP contribution in [-0.4, -0.2) is 23.2 Å². The van der Waals surface area contributed by atoms with Crippen molar-refractivity contribution in [2.45, 2.75) is 24.5 Å². The molecule has 0 saturated heterocycles. The van der Waals surface area contributed by atoms with Gasteiger partial charge >= 0.3 is 5.97 Å². The van der Waals surface area contributed by atoms with Crippen LogP contribution < -0.4 is 0 Å². The number of halogens is 2. The standard InChI is InChI=1S/C8H12Cl2O3/c1-4-5-12-7(8(3,9)10)13-6(2)11/h4,7H,1,5H2,2-3H3. The molecule has 0 N–H and O–H groups in total. The number of carbonyl (C=O) groups excluding carboxylic acids is 1. The number of alkyl halides is 2. The van der Waals surface area contributed by atoms with Gasteiger partial charge in [0.1, 0.15) is 0 Å². The monoisotopic (exact) mass is 226 g/mol. The van der Waals surface area contributed by atoms with Crippen molar-refractivity contribution in [3.63, 3.8) is 0 Å². The molecule has 1 unspecified atom stereocenters. The summed E-state index contributed by atoms with van der Waals surface area (Å²) in [6.45, 7) is 6.39. The summed E-state index contributed by atoms with van der Waals surface area (Å²) in [7, 11) is 0. The molecule has 5 heteroatoms. The minimum Gasteiger partial charge on any atom is -0.433 e. The van der Waals surface area contributed by atoms with Crippen LogP contribution in [0.5, 0.6) is 0 Å². The molecule has 1 atom stereocenters. The van der Waals surface area contributed by atoms with Crippen molar-refractivity contribution >= 4 is 29.2 Å². The Bertz CT molecular complexity index is 186. The molecule has 0 amide bonds. The Morgan fingerprint density at radius 2 is 2.23 bits per heavy atom. The van der Waals surface area contributed by atoms with E-state index in [0.29, 0.717) is 0 Å². The molecular formula is C8H12Cl2O3. The number of esters is 1. The lowest BCUT2D eigenvalue weighted by Gasteiger charge is -2.24. The fourth-order valence-corrected chi connectivity index (χ4v) is 0.805. The van der Waals surface area contributed by atoms with Gasteiger partial charge in [-0.2, -0.15) is 0 Å². The zero-order valence-corrected chi connectivity index (χ0v) is 9.06. The topological polar surface area (TPSA) is 35.5 Å². The average Bonchev–Trinajstić information content (AvgIpc) is 1.95. The normalized spacial score (nSPS) is 13.5. The first-order valence-electron chi connectivity index (χ1n) is 3.65. The van der Waals surface area contributed by atoms with E-state index in [-0.39, 0.29) is 6.61 Å². The van der Waals surface area contributed by atoms with Crippen LogP contribution in [0, 0.1) is 0 Å². The molecule has 0 aromatic heterocycles. The van der Waals surface area contributed by atoms with Crippen molar-refractivity contribution in [3.8, 4) is 0 Å². The van der Waals surface area contributed by atoms with Crippen molar-refractivity contribution in [1.82, 2.24) is 0 Å². The Labute approximate surface area is 87.6 Å². The second-order valence-corrected chi connectivity index (χ2v) is 4.28. The lowest BCUT2D eigenvalue weighted by Crippen LogP contribution is -2.35. The summed E-state index contributed by atoms with van der Waals surface area (Å²) in [6.07, 6.45) is 0.530. The summed E-state index contributed by atoms with van der Waals surface area (Å²) in [5.74, 6) is -0.499. The predicted molar refractivity (Wildman–Crippen MR) is 51.8 cm³/mol. The highest BCUT2D eigenvalue weighted by Gasteiger charge is 2.33. The molecule has 76 valence electrons. The summed E-state index contributed by atoms with van der Waals surface area (Å²) < 4.78 is 8.52. The second-order valence-electron chi connectivity index (χ2n) is 2.52. The highest BCUT2D eigenvalue weighted by molar-refractivity contribution is 6.48. The first-order chi connectivity index (χ1) is 5.88. The van der Waals surface area contributed by atoms with Crippen LogP contribution >= 0.6 is 23.2 Å². The minimum atomic E-state index is -1.27. The first-order valence-corrected chi connectivity index (χ1v) is 4.41. The van der Waals surface area contributed by atoms with Gasteiger partial charge in [0.15, 0.2) is 4.33 Å². The molecule has 13 heavy (non-hydrogen) atoms. The maximum atomic E-state index is 10.6. The molecule has 0 heterocycles. The molecule has 0 spiro atoms. The van der Waals surface area contributed by atoms with E-state index in [1.807, 2.05) is 0 Å². The van der Waals surface area contributed by atoms with E-state index in [1.165, 1.54) is 19.9 Å². The summed E-state index contributed by atoms with van der Waals surface area (Å²) in [5, 5.41) is 0. The van der Waals surface area contributed by atoms with Gasteiger partial charge in [0.05, 0.1) is 6.61 Å². The third kappa shape index (κ3) is 5.91. The van der Waals surface area contributed by atoms with Gasteiger partial charge < -0.3 is 9.47 Å². The Hall–Kier alpha value is -0.250. The number of rotatable bonds is 5. The molecule has 0 aromatic carbocycles. The van der Waals surface area contributed by atoms with Crippen LogP contribution in [0.4, 0.5) is 0 Å². The highest BCUT2D eigenvalue weighted by Crippen LogP contribution is 2.27. The van der Waals surface area contributed by atoms with E-state index in [1.54, 1.807) is 0 Å². The van der Waals surface area contributed by atoms with Gasteiger partial charge in [-0.05, 0) is 6.92 Å². The van der Waals surface area contributed by atoms with Crippen molar-refractivity contribution in [2.24, 2.45) is 0 Å². The van der Waals surface area contributed by atoms with E-state index >= 15 is 0 Å². The number of carbonyl (C=O) groups is 1. The van der Waals surface area contributed by atoms with Crippen LogP contribution in [0.3, 0.4) is 0 Å². The summed E-state index contributed by atoms with van der Waals surface area (Å²) >= 11 is 11.4. The van der Waals surface area contributed by atoms with E-state index in [9.17, 15) is 4.79 Å². The van der Waals surface area contributed by atoms with Crippen molar-refractivity contribution in [2.75, 3.05) is 6.61 Å². The fourth-order valence-electron chi connectivity index (χ4n) is 0.590. The minimum absolute atomic E-state index is 0.215. The third-order valence-corrected chi connectivity index (χ3v) is 1.41. The van der Waals surface area contributed by atoms with E-state index in [0.717, 1.165) is 0 Å². The van der Waals surface area contributed by atoms with Gasteiger partial charge in [0.2, 0.25) is 6.29 Å². The first kappa shape index (κ1) is 12.8. The molecule has 0 aliphatic rings. The number of hydrogen-bond acceptors (Lipinski definition) is 3. The highest BCUT2D eigenvalue weighted by atomic mass is 35.5. The van der Waals surface area contributed by atoms with Crippen LogP contribution in [0.2, 0.25) is 0 Å². The third-order valence-electron chi connectivity index (χ3n) is 1.05. The van der Waals surface area contributed by atoms with Crippen LogP contribution in [-0.2, 0) is 14.3 Å². The van der Waals surface area contributed by atoms with E-state index in [2.05, 4.69) is 6.58 Å². The van der Waals surface area contributed by atoms with Gasteiger partial charge in [0.25, 0.3) is 0 Å². The zero-order chi connectivity index (χ0) is 10.5. The molecule has 0 bridgehead atoms. The maximum absolute atomic E-state index is 10.6.